The van der Waals surface area contributed by atoms with Crippen LogP contribution in [0, 0.1) is 13.8 Å². The molecule has 0 saturated carbocycles. The van der Waals surface area contributed by atoms with Crippen LogP contribution in [0.1, 0.15) is 89.2 Å². The molecule has 9 nitrogen and oxygen atoms in total. The second-order valence-electron chi connectivity index (χ2n) is 14.8. The smallest absolute Gasteiger partial charge is 0.408 e. The van der Waals surface area contributed by atoms with E-state index in [0.717, 1.165) is 22.3 Å². The minimum Gasteiger partial charge on any atom is -0.458 e. The first-order valence-electron chi connectivity index (χ1n) is 16.8. The molecule has 3 atom stereocenters. The molecular weight excluding hydrogens is 618 g/mol. The van der Waals surface area contributed by atoms with Gasteiger partial charge in [0.1, 0.15) is 29.3 Å². The Kier molecular flexibility index (Phi) is 13.2. The zero-order valence-corrected chi connectivity index (χ0v) is 30.6. The third-order valence-corrected chi connectivity index (χ3v) is 7.75. The van der Waals surface area contributed by atoms with E-state index in [2.05, 4.69) is 10.6 Å². The number of carbonyl (C=O) groups is 4. The van der Waals surface area contributed by atoms with Gasteiger partial charge < -0.3 is 25.0 Å². The van der Waals surface area contributed by atoms with Gasteiger partial charge in [0.15, 0.2) is 0 Å². The number of aryl methyl sites for hydroxylation is 2. The van der Waals surface area contributed by atoms with E-state index >= 15 is 0 Å². The Morgan fingerprint density at radius 1 is 0.673 bits per heavy atom. The molecule has 49 heavy (non-hydrogen) atoms. The monoisotopic (exact) mass is 671 g/mol. The number of rotatable bonds is 12. The molecule has 0 spiro atoms. The van der Waals surface area contributed by atoms with Crippen molar-refractivity contribution in [3.8, 4) is 0 Å². The number of nitrogens with zero attached hydrogens (tertiary/aromatic N) is 1. The summed E-state index contributed by atoms with van der Waals surface area (Å²) < 4.78 is 11.3. The Hall–Kier alpha value is -4.66. The largest absolute Gasteiger partial charge is 0.458 e. The topological polar surface area (TPSA) is 114 Å². The number of benzene rings is 3. The molecular formula is C40H53N3O6. The van der Waals surface area contributed by atoms with Gasteiger partial charge in [-0.2, -0.15) is 0 Å². The van der Waals surface area contributed by atoms with Crippen molar-refractivity contribution in [2.75, 3.05) is 0 Å². The lowest BCUT2D eigenvalue weighted by Gasteiger charge is -2.38. The minimum absolute atomic E-state index is 0.165. The van der Waals surface area contributed by atoms with Crippen LogP contribution in [0.3, 0.4) is 0 Å². The van der Waals surface area contributed by atoms with Crippen LogP contribution in [0.15, 0.2) is 78.9 Å². The summed E-state index contributed by atoms with van der Waals surface area (Å²) in [6.45, 7) is 18.1. The van der Waals surface area contributed by atoms with Crippen LogP contribution in [-0.4, -0.2) is 58.1 Å². The van der Waals surface area contributed by atoms with Gasteiger partial charge in [-0.15, -0.1) is 0 Å². The summed E-state index contributed by atoms with van der Waals surface area (Å²) in [5.41, 5.74) is 2.60. The minimum atomic E-state index is -1.15. The Bertz CT molecular complexity index is 1570. The van der Waals surface area contributed by atoms with Gasteiger partial charge in [-0.3, -0.25) is 9.59 Å². The molecule has 0 heterocycles. The van der Waals surface area contributed by atoms with Crippen molar-refractivity contribution in [2.24, 2.45) is 0 Å². The Morgan fingerprint density at radius 2 is 1.18 bits per heavy atom. The highest BCUT2D eigenvalue weighted by molar-refractivity contribution is 5.94. The lowest BCUT2D eigenvalue weighted by Crippen LogP contribution is -2.57. The molecule has 9 heteroatoms. The standard InChI is InChI=1S/C40H53N3O6/c1-26(2)43(36(45)32(24-29-17-13-11-14-18-29)42-38(47)49-40(8,9)10)34(31-22-21-27(3)28(4)23-31)35(44)41-33(37(46)48-39(5,6)7)25-30-19-15-12-16-20-30/h11-23,26,32-34H,24-25H2,1-10H3,(H,41,44)(H,42,47). The third kappa shape index (κ3) is 12.1. The molecule has 3 aromatic carbocycles. The summed E-state index contributed by atoms with van der Waals surface area (Å²) in [6, 6.07) is 20.6. The molecule has 3 rings (SSSR count). The summed E-state index contributed by atoms with van der Waals surface area (Å²) >= 11 is 0. The van der Waals surface area contributed by atoms with Crippen molar-refractivity contribution in [3.05, 3.63) is 107 Å². The predicted molar refractivity (Wildman–Crippen MR) is 192 cm³/mol. The van der Waals surface area contributed by atoms with Gasteiger partial charge >= 0.3 is 12.1 Å². The fourth-order valence-corrected chi connectivity index (χ4v) is 5.40. The lowest BCUT2D eigenvalue weighted by atomic mass is 9.95. The molecule has 0 aliphatic carbocycles. The van der Waals surface area contributed by atoms with Gasteiger partial charge in [-0.1, -0.05) is 78.9 Å². The average molecular weight is 672 g/mol. The molecule has 0 bridgehead atoms. The molecule has 2 N–H and O–H groups in total. The molecule has 3 amide bonds. The zero-order chi connectivity index (χ0) is 36.5. The van der Waals surface area contributed by atoms with E-state index in [1.165, 1.54) is 4.90 Å². The molecule has 3 aromatic rings. The second kappa shape index (κ2) is 16.6. The average Bonchev–Trinajstić information content (AvgIpc) is 2.99. The second-order valence-corrected chi connectivity index (χ2v) is 14.8. The van der Waals surface area contributed by atoms with Gasteiger partial charge in [0.25, 0.3) is 0 Å². The van der Waals surface area contributed by atoms with Gasteiger partial charge in [0.2, 0.25) is 11.8 Å². The van der Waals surface area contributed by atoms with Crippen molar-refractivity contribution >= 4 is 23.9 Å². The van der Waals surface area contributed by atoms with Crippen molar-refractivity contribution in [3.63, 3.8) is 0 Å². The van der Waals surface area contributed by atoms with E-state index in [-0.39, 0.29) is 12.8 Å². The van der Waals surface area contributed by atoms with Crippen LogP contribution in [0.25, 0.3) is 0 Å². The number of nitrogens with one attached hydrogen (secondary N) is 2. The summed E-state index contributed by atoms with van der Waals surface area (Å²) in [6.07, 6.45) is -0.392. The third-order valence-electron chi connectivity index (χ3n) is 7.75. The summed E-state index contributed by atoms with van der Waals surface area (Å²) in [5.74, 6) is -1.60. The van der Waals surface area contributed by atoms with E-state index in [1.54, 1.807) is 41.5 Å². The van der Waals surface area contributed by atoms with Crippen LogP contribution < -0.4 is 10.6 Å². The van der Waals surface area contributed by atoms with Crippen molar-refractivity contribution in [1.82, 2.24) is 15.5 Å². The highest BCUT2D eigenvalue weighted by atomic mass is 16.6. The number of esters is 1. The molecule has 0 aliphatic rings. The number of ether oxygens (including phenoxy) is 2. The molecule has 3 unspecified atom stereocenters. The molecule has 264 valence electrons. The first-order chi connectivity index (χ1) is 22.8. The quantitative estimate of drug-likeness (QED) is 0.205. The number of amides is 3. The van der Waals surface area contributed by atoms with E-state index < -0.39 is 59.2 Å². The number of carbonyl (C=O) groups excluding carboxylic acids is 4. The zero-order valence-electron chi connectivity index (χ0n) is 30.6. The molecule has 0 fully saturated rings. The fraction of sp³-hybridized carbons (Fsp3) is 0.450. The molecule has 0 radical (unpaired) electrons. The maximum absolute atomic E-state index is 14.7. The Balaban J connectivity index is 2.11. The summed E-state index contributed by atoms with van der Waals surface area (Å²) in [4.78, 5) is 57.5. The Morgan fingerprint density at radius 3 is 1.65 bits per heavy atom. The van der Waals surface area contributed by atoms with Crippen LogP contribution >= 0.6 is 0 Å². The van der Waals surface area contributed by atoms with Crippen LogP contribution in [-0.2, 0) is 36.7 Å². The fourth-order valence-electron chi connectivity index (χ4n) is 5.40. The number of hydrogen-bond acceptors (Lipinski definition) is 6. The lowest BCUT2D eigenvalue weighted by molar-refractivity contribution is -0.159. The van der Waals surface area contributed by atoms with Gasteiger partial charge in [-0.25, -0.2) is 9.59 Å². The Labute approximate surface area is 291 Å². The van der Waals surface area contributed by atoms with E-state index in [1.807, 2.05) is 107 Å². The molecule has 0 aromatic heterocycles. The summed E-state index contributed by atoms with van der Waals surface area (Å²) in [5, 5.41) is 5.73. The van der Waals surface area contributed by atoms with E-state index in [4.69, 9.17) is 9.47 Å². The normalized spacial score (nSPS) is 13.5. The van der Waals surface area contributed by atoms with Crippen molar-refractivity contribution in [1.29, 1.82) is 0 Å². The number of alkyl carbamates (subject to hydrolysis) is 1. The molecule has 0 aliphatic heterocycles. The van der Waals surface area contributed by atoms with Crippen LogP contribution in [0.5, 0.6) is 0 Å². The number of hydrogen-bond donors (Lipinski definition) is 2. The van der Waals surface area contributed by atoms with Crippen molar-refractivity contribution in [2.45, 2.75) is 117 Å². The maximum Gasteiger partial charge on any atom is 0.408 e. The first-order valence-corrected chi connectivity index (χ1v) is 16.8. The first kappa shape index (κ1) is 38.8. The maximum atomic E-state index is 14.7. The highest BCUT2D eigenvalue weighted by Crippen LogP contribution is 2.28. The summed E-state index contributed by atoms with van der Waals surface area (Å²) in [7, 11) is 0. The SMILES string of the molecule is Cc1ccc(C(C(=O)NC(Cc2ccccc2)C(=O)OC(C)(C)C)N(C(=O)C(Cc2ccccc2)NC(=O)OC(C)(C)C)C(C)C)cc1C. The van der Waals surface area contributed by atoms with E-state index in [0.29, 0.717) is 5.56 Å². The highest BCUT2D eigenvalue weighted by Gasteiger charge is 2.40. The van der Waals surface area contributed by atoms with Gasteiger partial charge in [-0.05, 0) is 97.1 Å². The van der Waals surface area contributed by atoms with E-state index in [9.17, 15) is 19.2 Å². The van der Waals surface area contributed by atoms with Crippen LogP contribution in [0.4, 0.5) is 4.79 Å². The van der Waals surface area contributed by atoms with Gasteiger partial charge in [0, 0.05) is 18.9 Å². The van der Waals surface area contributed by atoms with Crippen LogP contribution in [0.2, 0.25) is 0 Å². The molecule has 0 saturated heterocycles. The van der Waals surface area contributed by atoms with Gasteiger partial charge in [0.05, 0.1) is 0 Å². The predicted octanol–water partition coefficient (Wildman–Crippen LogP) is 6.79. The van der Waals surface area contributed by atoms with Crippen molar-refractivity contribution < 1.29 is 28.7 Å².